The summed E-state index contributed by atoms with van der Waals surface area (Å²) >= 11 is 3.32. The second kappa shape index (κ2) is 7.47. The summed E-state index contributed by atoms with van der Waals surface area (Å²) in [4.78, 5) is 36.1. The van der Waals surface area contributed by atoms with Crippen LogP contribution in [0.15, 0.2) is 28.7 Å². The summed E-state index contributed by atoms with van der Waals surface area (Å²) in [6.45, 7) is -0.297. The molecule has 3 atom stereocenters. The van der Waals surface area contributed by atoms with E-state index in [0.717, 1.165) is 23.7 Å². The molecule has 5 nitrogen and oxygen atoms in total. The minimum atomic E-state index is -0.363. The Morgan fingerprint density at radius 3 is 2.38 bits per heavy atom. The molecule has 1 aromatic rings. The molecule has 128 valence electrons. The number of nitrogens with one attached hydrogen (secondary N) is 1. The molecule has 24 heavy (non-hydrogen) atoms. The molecule has 2 saturated carbocycles. The number of halogens is 1. The highest BCUT2D eigenvalue weighted by Crippen LogP contribution is 2.40. The zero-order valence-corrected chi connectivity index (χ0v) is 14.9. The number of anilines is 1. The number of benzene rings is 1. The molecule has 0 saturated heterocycles. The number of Topliss-reactive ketones (excluding diaryl/α,β-unsaturated/α-hetero) is 1. The maximum Gasteiger partial charge on any atom is 0.309 e. The minimum Gasteiger partial charge on any atom is -0.455 e. The van der Waals surface area contributed by atoms with Crippen LogP contribution in [0.4, 0.5) is 5.69 Å². The van der Waals surface area contributed by atoms with Crippen molar-refractivity contribution in [1.29, 1.82) is 0 Å². The van der Waals surface area contributed by atoms with Crippen LogP contribution in [0.1, 0.15) is 32.1 Å². The van der Waals surface area contributed by atoms with E-state index in [9.17, 15) is 14.4 Å². The van der Waals surface area contributed by atoms with Gasteiger partial charge in [-0.3, -0.25) is 14.4 Å². The highest BCUT2D eigenvalue weighted by Gasteiger charge is 2.41. The predicted molar refractivity (Wildman–Crippen MR) is 92.3 cm³/mol. The van der Waals surface area contributed by atoms with Crippen molar-refractivity contribution in [3.63, 3.8) is 0 Å². The Kier molecular flexibility index (Phi) is 5.33. The second-order valence-electron chi connectivity index (χ2n) is 6.56. The summed E-state index contributed by atoms with van der Waals surface area (Å²) < 4.78 is 6.09. The van der Waals surface area contributed by atoms with E-state index in [1.807, 2.05) is 12.1 Å². The third-order valence-electron chi connectivity index (χ3n) is 4.85. The van der Waals surface area contributed by atoms with Crippen LogP contribution in [0.2, 0.25) is 0 Å². The lowest BCUT2D eigenvalue weighted by Crippen LogP contribution is -2.40. The number of carbonyl (C=O) groups is 3. The number of carbonyl (C=O) groups excluding carboxylic acids is 3. The molecule has 2 bridgehead atoms. The molecule has 1 amide bonds. The van der Waals surface area contributed by atoms with Gasteiger partial charge in [0.1, 0.15) is 5.78 Å². The Hall–Kier alpha value is -1.69. The van der Waals surface area contributed by atoms with E-state index >= 15 is 0 Å². The third-order valence-corrected chi connectivity index (χ3v) is 5.38. The predicted octanol–water partition coefficient (Wildman–Crippen LogP) is 3.33. The van der Waals surface area contributed by atoms with Gasteiger partial charge in [-0.05, 0) is 49.9 Å². The van der Waals surface area contributed by atoms with Crippen molar-refractivity contribution in [2.75, 3.05) is 11.9 Å². The van der Waals surface area contributed by atoms with E-state index in [2.05, 4.69) is 21.2 Å². The Morgan fingerprint density at radius 1 is 1.12 bits per heavy atom. The maximum atomic E-state index is 12.2. The van der Waals surface area contributed by atoms with Gasteiger partial charge < -0.3 is 10.1 Å². The summed E-state index contributed by atoms with van der Waals surface area (Å²) in [6, 6.07) is 7.16. The molecule has 1 N–H and O–H groups in total. The van der Waals surface area contributed by atoms with Crippen LogP contribution in [-0.2, 0) is 19.1 Å². The number of amides is 1. The molecule has 2 aliphatic rings. The van der Waals surface area contributed by atoms with Gasteiger partial charge in [0.15, 0.2) is 6.61 Å². The monoisotopic (exact) mass is 393 g/mol. The Labute approximate surface area is 149 Å². The van der Waals surface area contributed by atoms with Crippen molar-refractivity contribution >= 4 is 39.3 Å². The largest absolute Gasteiger partial charge is 0.455 e. The first-order valence-corrected chi connectivity index (χ1v) is 9.08. The number of hydrogen-bond donors (Lipinski definition) is 1. The molecular weight excluding hydrogens is 374 g/mol. The van der Waals surface area contributed by atoms with Crippen LogP contribution in [-0.4, -0.2) is 24.3 Å². The van der Waals surface area contributed by atoms with Gasteiger partial charge in [-0.2, -0.15) is 0 Å². The van der Waals surface area contributed by atoms with Gasteiger partial charge in [0.05, 0.1) is 5.92 Å². The van der Waals surface area contributed by atoms with Gasteiger partial charge >= 0.3 is 5.97 Å². The standard InChI is InChI=1S/C18H20BrNO4/c19-14-4-6-15(7-5-14)20-16(21)10-24-18(23)13-8-11-2-1-3-12(9-13)17(11)22/h4-7,11-13H,1-3,8-10H2,(H,20,21)/t11-,12+,13?. The first kappa shape index (κ1) is 17.1. The van der Waals surface area contributed by atoms with Crippen molar-refractivity contribution in [1.82, 2.24) is 0 Å². The number of rotatable bonds is 4. The molecule has 0 heterocycles. The fraction of sp³-hybridized carbons (Fsp3) is 0.500. The molecule has 1 unspecified atom stereocenters. The van der Waals surface area contributed by atoms with Crippen molar-refractivity contribution in [2.24, 2.45) is 17.8 Å². The Bertz CT molecular complexity index is 627. The first-order valence-electron chi connectivity index (χ1n) is 8.28. The van der Waals surface area contributed by atoms with Crippen molar-refractivity contribution in [3.05, 3.63) is 28.7 Å². The van der Waals surface area contributed by atoms with E-state index in [1.54, 1.807) is 12.1 Å². The van der Waals surface area contributed by atoms with Gasteiger partial charge in [0.2, 0.25) is 0 Å². The molecule has 1 aromatic carbocycles. The van der Waals surface area contributed by atoms with Gasteiger partial charge in [0, 0.05) is 22.0 Å². The fourth-order valence-electron chi connectivity index (χ4n) is 3.66. The van der Waals surface area contributed by atoms with Gasteiger partial charge in [0.25, 0.3) is 5.91 Å². The summed E-state index contributed by atoms with van der Waals surface area (Å²) in [7, 11) is 0. The van der Waals surface area contributed by atoms with Crippen LogP contribution in [0, 0.1) is 17.8 Å². The molecular formula is C18H20BrNO4. The summed E-state index contributed by atoms with van der Waals surface area (Å²) in [6.07, 6.45) is 3.97. The molecule has 6 heteroatoms. The lowest BCUT2D eigenvalue weighted by atomic mass is 9.67. The zero-order valence-electron chi connectivity index (χ0n) is 13.3. The number of fused-ring (bicyclic) bond motifs is 2. The van der Waals surface area contributed by atoms with Gasteiger partial charge in [-0.1, -0.05) is 22.4 Å². The van der Waals surface area contributed by atoms with E-state index in [1.165, 1.54) is 0 Å². The SMILES string of the molecule is O=C(COC(=O)C1C[C@H]2CCC[C@@H](C1)C2=O)Nc1ccc(Br)cc1. The molecule has 0 aliphatic heterocycles. The van der Waals surface area contributed by atoms with Crippen molar-refractivity contribution in [3.8, 4) is 0 Å². The topological polar surface area (TPSA) is 72.5 Å². The summed E-state index contributed by atoms with van der Waals surface area (Å²) in [5, 5.41) is 2.68. The van der Waals surface area contributed by atoms with Gasteiger partial charge in [-0.15, -0.1) is 0 Å². The normalized spacial score (nSPS) is 25.9. The number of ketones is 1. The number of ether oxygens (including phenoxy) is 1. The maximum absolute atomic E-state index is 12.2. The van der Waals surface area contributed by atoms with Gasteiger partial charge in [-0.25, -0.2) is 0 Å². The highest BCUT2D eigenvalue weighted by atomic mass is 79.9. The molecule has 0 radical (unpaired) electrons. The van der Waals surface area contributed by atoms with Crippen LogP contribution < -0.4 is 5.32 Å². The highest BCUT2D eigenvalue weighted by molar-refractivity contribution is 9.10. The average molecular weight is 394 g/mol. The molecule has 0 spiro atoms. The Balaban J connectivity index is 1.47. The lowest BCUT2D eigenvalue weighted by Gasteiger charge is -2.36. The number of hydrogen-bond acceptors (Lipinski definition) is 4. The van der Waals surface area contributed by atoms with Crippen LogP contribution in [0.25, 0.3) is 0 Å². The average Bonchev–Trinajstić information content (AvgIpc) is 2.54. The lowest BCUT2D eigenvalue weighted by molar-refractivity contribution is -0.155. The third kappa shape index (κ3) is 4.04. The first-order chi connectivity index (χ1) is 11.5. The van der Waals surface area contributed by atoms with Crippen LogP contribution in [0.3, 0.4) is 0 Å². The molecule has 0 aromatic heterocycles. The molecule has 2 aliphatic carbocycles. The number of esters is 1. The second-order valence-corrected chi connectivity index (χ2v) is 7.47. The van der Waals surface area contributed by atoms with E-state index in [-0.39, 0.29) is 36.2 Å². The van der Waals surface area contributed by atoms with Crippen molar-refractivity contribution < 1.29 is 19.1 Å². The van der Waals surface area contributed by atoms with Crippen LogP contribution >= 0.6 is 15.9 Å². The van der Waals surface area contributed by atoms with E-state index < -0.39 is 0 Å². The quantitative estimate of drug-likeness (QED) is 0.796. The van der Waals surface area contributed by atoms with Crippen molar-refractivity contribution in [2.45, 2.75) is 32.1 Å². The van der Waals surface area contributed by atoms with E-state index in [4.69, 9.17) is 4.74 Å². The smallest absolute Gasteiger partial charge is 0.309 e. The zero-order chi connectivity index (χ0) is 17.1. The van der Waals surface area contributed by atoms with E-state index in [0.29, 0.717) is 24.3 Å². The molecule has 2 fully saturated rings. The molecule has 3 rings (SSSR count). The minimum absolute atomic E-state index is 0.00615. The summed E-state index contributed by atoms with van der Waals surface area (Å²) in [5.41, 5.74) is 0.650. The van der Waals surface area contributed by atoms with Crippen LogP contribution in [0.5, 0.6) is 0 Å². The Morgan fingerprint density at radius 2 is 1.75 bits per heavy atom. The summed E-state index contributed by atoms with van der Waals surface area (Å²) in [5.74, 6) is -0.641. The fourth-order valence-corrected chi connectivity index (χ4v) is 3.92.